The topological polar surface area (TPSA) is 41.4 Å². The monoisotopic (exact) mass is 424 g/mol. The molecule has 0 aliphatic heterocycles. The van der Waals surface area contributed by atoms with Crippen molar-refractivity contribution in [3.05, 3.63) is 52.0 Å². The number of hydrogen-bond donors (Lipinski definition) is 0. The van der Waals surface area contributed by atoms with Crippen molar-refractivity contribution >= 4 is 27.5 Å². The van der Waals surface area contributed by atoms with Crippen LogP contribution in [0.25, 0.3) is 10.2 Å². The quantitative estimate of drug-likeness (QED) is 0.597. The molecule has 2 aromatic heterocycles. The SMILES string of the molecule is Cc1nn(C)c2sc(C(=O)N(CCN(C)C)Cc3cccc(C(F)(F)F)c3)cc12. The van der Waals surface area contributed by atoms with Crippen molar-refractivity contribution in [1.82, 2.24) is 19.6 Å². The van der Waals surface area contributed by atoms with Gasteiger partial charge < -0.3 is 9.80 Å². The summed E-state index contributed by atoms with van der Waals surface area (Å²) in [6.07, 6.45) is -4.41. The Labute approximate surface area is 171 Å². The molecule has 0 unspecified atom stereocenters. The van der Waals surface area contributed by atoms with Gasteiger partial charge in [0.25, 0.3) is 5.91 Å². The van der Waals surface area contributed by atoms with Gasteiger partial charge in [0.15, 0.2) is 0 Å². The van der Waals surface area contributed by atoms with Crippen LogP contribution in [0.4, 0.5) is 13.2 Å². The highest BCUT2D eigenvalue weighted by atomic mass is 32.1. The predicted molar refractivity (Wildman–Crippen MR) is 108 cm³/mol. The molecule has 2 heterocycles. The number of halogens is 3. The molecule has 0 fully saturated rings. The van der Waals surface area contributed by atoms with Gasteiger partial charge in [-0.25, -0.2) is 0 Å². The van der Waals surface area contributed by atoms with E-state index < -0.39 is 11.7 Å². The third-order valence-electron chi connectivity index (χ3n) is 4.64. The van der Waals surface area contributed by atoms with Crippen molar-refractivity contribution in [2.75, 3.05) is 27.2 Å². The molecule has 0 atom stereocenters. The van der Waals surface area contributed by atoms with Crippen LogP contribution in [0.2, 0.25) is 0 Å². The lowest BCUT2D eigenvalue weighted by atomic mass is 10.1. The van der Waals surface area contributed by atoms with Gasteiger partial charge in [-0.1, -0.05) is 12.1 Å². The molecule has 0 radical (unpaired) electrons. The largest absolute Gasteiger partial charge is 0.416 e. The number of thiophene rings is 1. The number of hydrogen-bond acceptors (Lipinski definition) is 4. The van der Waals surface area contributed by atoms with Gasteiger partial charge in [0, 0.05) is 32.1 Å². The summed E-state index contributed by atoms with van der Waals surface area (Å²) >= 11 is 1.35. The standard InChI is InChI=1S/C20H23F3N4OS/c1-13-16-11-17(29-19(16)26(4)24-13)18(28)27(9-8-25(2)3)12-14-6-5-7-15(10-14)20(21,22)23/h5-7,10-11H,8-9,12H2,1-4H3. The van der Waals surface area contributed by atoms with Crippen molar-refractivity contribution in [1.29, 1.82) is 0 Å². The summed E-state index contributed by atoms with van der Waals surface area (Å²) in [5.41, 5.74) is 0.583. The Morgan fingerprint density at radius 1 is 1.21 bits per heavy atom. The van der Waals surface area contributed by atoms with Crippen LogP contribution < -0.4 is 0 Å². The van der Waals surface area contributed by atoms with E-state index in [1.165, 1.54) is 17.4 Å². The Morgan fingerprint density at radius 2 is 1.93 bits per heavy atom. The van der Waals surface area contributed by atoms with E-state index in [1.807, 2.05) is 39.0 Å². The number of fused-ring (bicyclic) bond motifs is 1. The lowest BCUT2D eigenvalue weighted by molar-refractivity contribution is -0.137. The molecule has 0 bridgehead atoms. The molecule has 0 spiro atoms. The zero-order chi connectivity index (χ0) is 21.3. The van der Waals surface area contributed by atoms with Crippen molar-refractivity contribution in [2.24, 2.45) is 7.05 Å². The van der Waals surface area contributed by atoms with E-state index in [4.69, 9.17) is 0 Å². The van der Waals surface area contributed by atoms with Crippen LogP contribution in [0.15, 0.2) is 30.3 Å². The molecule has 0 aliphatic carbocycles. The molecular weight excluding hydrogens is 401 g/mol. The number of carbonyl (C=O) groups is 1. The Kier molecular flexibility index (Phi) is 6.00. The summed E-state index contributed by atoms with van der Waals surface area (Å²) in [6.45, 7) is 3.02. The van der Waals surface area contributed by atoms with Gasteiger partial charge in [0.05, 0.1) is 16.1 Å². The number of benzene rings is 1. The van der Waals surface area contributed by atoms with Crippen LogP contribution in [0.5, 0.6) is 0 Å². The highest BCUT2D eigenvalue weighted by Gasteiger charge is 2.30. The normalized spacial score (nSPS) is 12.1. The van der Waals surface area contributed by atoms with Crippen molar-refractivity contribution in [3.8, 4) is 0 Å². The first-order chi connectivity index (χ1) is 13.6. The zero-order valence-electron chi connectivity index (χ0n) is 16.7. The fourth-order valence-corrected chi connectivity index (χ4v) is 4.20. The second kappa shape index (κ2) is 8.16. The molecule has 0 saturated carbocycles. The third kappa shape index (κ3) is 4.79. The molecule has 1 aromatic carbocycles. The molecule has 0 aliphatic rings. The van der Waals surface area contributed by atoms with Gasteiger partial charge in [-0.3, -0.25) is 9.48 Å². The van der Waals surface area contributed by atoms with E-state index in [1.54, 1.807) is 15.6 Å². The highest BCUT2D eigenvalue weighted by molar-refractivity contribution is 7.20. The molecular formula is C20H23F3N4OS. The van der Waals surface area contributed by atoms with Crippen LogP contribution in [0.1, 0.15) is 26.5 Å². The van der Waals surface area contributed by atoms with Crippen molar-refractivity contribution in [2.45, 2.75) is 19.6 Å². The van der Waals surface area contributed by atoms with Gasteiger partial charge in [-0.05, 0) is 44.8 Å². The lowest BCUT2D eigenvalue weighted by Crippen LogP contribution is -2.36. The molecule has 0 saturated heterocycles. The number of likely N-dealkylation sites (N-methyl/N-ethyl adjacent to an activating group) is 1. The summed E-state index contributed by atoms with van der Waals surface area (Å²) in [5.74, 6) is -0.190. The zero-order valence-corrected chi connectivity index (χ0v) is 17.6. The Bertz CT molecular complexity index is 988. The molecule has 156 valence electrons. The second-order valence-corrected chi connectivity index (χ2v) is 8.30. The first-order valence-corrected chi connectivity index (χ1v) is 9.91. The Hall–Kier alpha value is -2.39. The number of nitrogens with zero attached hydrogens (tertiary/aromatic N) is 4. The molecule has 0 N–H and O–H groups in total. The molecule has 3 aromatic rings. The summed E-state index contributed by atoms with van der Waals surface area (Å²) in [5, 5.41) is 5.27. The number of amides is 1. The smallest absolute Gasteiger partial charge is 0.332 e. The molecule has 9 heteroatoms. The molecule has 29 heavy (non-hydrogen) atoms. The van der Waals surface area contributed by atoms with Crippen LogP contribution in [-0.4, -0.2) is 52.7 Å². The second-order valence-electron chi connectivity index (χ2n) is 7.27. The van der Waals surface area contributed by atoms with Crippen molar-refractivity contribution in [3.63, 3.8) is 0 Å². The van der Waals surface area contributed by atoms with E-state index in [0.717, 1.165) is 28.0 Å². The van der Waals surface area contributed by atoms with Gasteiger partial charge in [0.2, 0.25) is 0 Å². The maximum Gasteiger partial charge on any atom is 0.416 e. The fraction of sp³-hybridized carbons (Fsp3) is 0.400. The summed E-state index contributed by atoms with van der Waals surface area (Å²) in [4.78, 5) is 18.2. The van der Waals surface area contributed by atoms with E-state index >= 15 is 0 Å². The maximum absolute atomic E-state index is 13.2. The van der Waals surface area contributed by atoms with Gasteiger partial charge in [-0.15, -0.1) is 11.3 Å². The van der Waals surface area contributed by atoms with Gasteiger partial charge in [0.1, 0.15) is 4.83 Å². The van der Waals surface area contributed by atoms with E-state index in [2.05, 4.69) is 5.10 Å². The highest BCUT2D eigenvalue weighted by Crippen LogP contribution is 2.31. The number of alkyl halides is 3. The van der Waals surface area contributed by atoms with E-state index in [0.29, 0.717) is 23.5 Å². The first-order valence-electron chi connectivity index (χ1n) is 9.09. The number of carbonyl (C=O) groups excluding carboxylic acids is 1. The summed E-state index contributed by atoms with van der Waals surface area (Å²) < 4.78 is 40.9. The van der Waals surface area contributed by atoms with E-state index in [-0.39, 0.29) is 12.5 Å². The van der Waals surface area contributed by atoms with Crippen LogP contribution >= 0.6 is 11.3 Å². The average Bonchev–Trinajstić information content (AvgIpc) is 3.19. The van der Waals surface area contributed by atoms with Crippen LogP contribution in [0, 0.1) is 6.92 Å². The molecule has 3 rings (SSSR count). The number of aryl methyl sites for hydroxylation is 2. The minimum absolute atomic E-state index is 0.113. The maximum atomic E-state index is 13.2. The Morgan fingerprint density at radius 3 is 2.55 bits per heavy atom. The summed E-state index contributed by atoms with van der Waals surface area (Å²) in [7, 11) is 5.61. The fourth-order valence-electron chi connectivity index (χ4n) is 3.11. The van der Waals surface area contributed by atoms with Gasteiger partial charge in [-0.2, -0.15) is 18.3 Å². The molecule has 5 nitrogen and oxygen atoms in total. The minimum Gasteiger partial charge on any atom is -0.332 e. The average molecular weight is 424 g/mol. The van der Waals surface area contributed by atoms with E-state index in [9.17, 15) is 18.0 Å². The predicted octanol–water partition coefficient (Wildman–Crippen LogP) is 4.17. The van der Waals surface area contributed by atoms with Crippen molar-refractivity contribution < 1.29 is 18.0 Å². The third-order valence-corrected chi connectivity index (χ3v) is 5.83. The first kappa shape index (κ1) is 21.3. The van der Waals surface area contributed by atoms with Crippen LogP contribution in [-0.2, 0) is 19.8 Å². The number of rotatable bonds is 6. The van der Waals surface area contributed by atoms with Crippen LogP contribution in [0.3, 0.4) is 0 Å². The molecule has 1 amide bonds. The van der Waals surface area contributed by atoms with Gasteiger partial charge >= 0.3 is 6.18 Å². The lowest BCUT2D eigenvalue weighted by Gasteiger charge is -2.24. The minimum atomic E-state index is -4.41. The summed E-state index contributed by atoms with van der Waals surface area (Å²) in [6, 6.07) is 6.96. The Balaban J connectivity index is 1.89. The number of aromatic nitrogens is 2.